The first-order valence-electron chi connectivity index (χ1n) is 32.5. The van der Waals surface area contributed by atoms with Crippen molar-refractivity contribution in [2.24, 2.45) is 0 Å². The van der Waals surface area contributed by atoms with Gasteiger partial charge in [0.15, 0.2) is 6.10 Å². The van der Waals surface area contributed by atoms with Gasteiger partial charge in [0.25, 0.3) is 0 Å². The van der Waals surface area contributed by atoms with Gasteiger partial charge in [-0.1, -0.05) is 342 Å². The molecule has 0 N–H and O–H groups in total. The molecule has 0 aliphatic rings. The number of hydrogen-bond donors (Lipinski definition) is 0. The van der Waals surface area contributed by atoms with Crippen LogP contribution in [0.4, 0.5) is 0 Å². The van der Waals surface area contributed by atoms with Gasteiger partial charge >= 0.3 is 17.9 Å². The van der Waals surface area contributed by atoms with Crippen LogP contribution in [0.5, 0.6) is 0 Å². The Labute approximate surface area is 444 Å². The summed E-state index contributed by atoms with van der Waals surface area (Å²) in [6.45, 7) is 6.74. The SMILES string of the molecule is CCCCCCCCCCCCCCCCCCCCCC(=O)OC[C@@H](COC(=O)CCCCCCCCCCCCCCCCCCC)OC(=O)CCCCCCCCCCCCCCCCCCC. The average molecular weight is 1000 g/mol. The number of esters is 3. The molecule has 0 radical (unpaired) electrons. The normalized spacial score (nSPS) is 11.9. The predicted octanol–water partition coefficient (Wildman–Crippen LogP) is 21.9. The topological polar surface area (TPSA) is 78.9 Å². The second-order valence-electron chi connectivity index (χ2n) is 22.4. The van der Waals surface area contributed by atoms with Crippen molar-refractivity contribution in [3.63, 3.8) is 0 Å². The maximum Gasteiger partial charge on any atom is 0.306 e. The van der Waals surface area contributed by atoms with Crippen molar-refractivity contribution < 1.29 is 28.6 Å². The van der Waals surface area contributed by atoms with Gasteiger partial charge in [0.05, 0.1) is 0 Å². The van der Waals surface area contributed by atoms with Crippen LogP contribution in [0.15, 0.2) is 0 Å². The molecule has 1 atom stereocenters. The molecule has 0 aromatic carbocycles. The molecule has 0 saturated carbocycles. The Hall–Kier alpha value is -1.59. The van der Waals surface area contributed by atoms with E-state index in [-0.39, 0.29) is 31.1 Å². The highest BCUT2D eigenvalue weighted by Crippen LogP contribution is 2.19. The van der Waals surface area contributed by atoms with Crippen molar-refractivity contribution in [3.05, 3.63) is 0 Å². The third kappa shape index (κ3) is 59.2. The zero-order chi connectivity index (χ0) is 51.4. The van der Waals surface area contributed by atoms with E-state index >= 15 is 0 Å². The second-order valence-corrected chi connectivity index (χ2v) is 22.4. The van der Waals surface area contributed by atoms with Crippen LogP contribution in [-0.2, 0) is 28.6 Å². The number of hydrogen-bond acceptors (Lipinski definition) is 6. The Bertz CT molecular complexity index is 1060. The standard InChI is InChI=1S/C65H126O6/c1-4-7-10-13-16-19-22-25-28-31-32-35-37-40-43-46-49-52-55-58-64(67)70-61-62(71-65(68)59-56-53-50-47-44-41-38-34-30-27-24-21-18-15-12-9-6-3)60-69-63(66)57-54-51-48-45-42-39-36-33-29-26-23-20-17-14-11-8-5-2/h62H,4-61H2,1-3H3/t62-/m1/s1. The lowest BCUT2D eigenvalue weighted by molar-refractivity contribution is -0.167. The van der Waals surface area contributed by atoms with Crippen LogP contribution in [-0.4, -0.2) is 37.2 Å². The summed E-state index contributed by atoms with van der Waals surface area (Å²) >= 11 is 0. The molecule has 71 heavy (non-hydrogen) atoms. The molecular formula is C65H126O6. The average Bonchev–Trinajstić information content (AvgIpc) is 3.37. The summed E-state index contributed by atoms with van der Waals surface area (Å²) in [5.74, 6) is -0.823. The maximum atomic E-state index is 12.9. The van der Waals surface area contributed by atoms with E-state index < -0.39 is 6.10 Å². The smallest absolute Gasteiger partial charge is 0.306 e. The molecule has 0 bridgehead atoms. The van der Waals surface area contributed by atoms with E-state index in [1.807, 2.05) is 0 Å². The molecule has 0 aliphatic heterocycles. The third-order valence-electron chi connectivity index (χ3n) is 15.1. The van der Waals surface area contributed by atoms with Gasteiger partial charge in [-0.3, -0.25) is 14.4 Å². The Kier molecular flexibility index (Phi) is 59.6. The molecule has 0 unspecified atom stereocenters. The van der Waals surface area contributed by atoms with Crippen LogP contribution in [0.25, 0.3) is 0 Å². The van der Waals surface area contributed by atoms with Crippen molar-refractivity contribution in [2.75, 3.05) is 13.2 Å². The summed E-state index contributed by atoms with van der Waals surface area (Å²) in [5.41, 5.74) is 0. The first-order chi connectivity index (χ1) is 35.0. The van der Waals surface area contributed by atoms with E-state index in [4.69, 9.17) is 14.2 Å². The van der Waals surface area contributed by atoms with E-state index in [0.717, 1.165) is 57.8 Å². The molecule has 0 spiro atoms. The van der Waals surface area contributed by atoms with E-state index in [0.29, 0.717) is 19.3 Å². The molecule has 0 fully saturated rings. The van der Waals surface area contributed by atoms with Crippen LogP contribution < -0.4 is 0 Å². The number of carbonyl (C=O) groups is 3. The molecule has 0 amide bonds. The Morgan fingerprint density at radius 3 is 0.563 bits per heavy atom. The van der Waals surface area contributed by atoms with E-state index in [9.17, 15) is 14.4 Å². The van der Waals surface area contributed by atoms with Gasteiger partial charge in [-0.2, -0.15) is 0 Å². The molecule has 0 rings (SSSR count). The van der Waals surface area contributed by atoms with Gasteiger partial charge in [0.2, 0.25) is 0 Å². The van der Waals surface area contributed by atoms with Gasteiger partial charge in [0, 0.05) is 19.3 Å². The highest BCUT2D eigenvalue weighted by atomic mass is 16.6. The van der Waals surface area contributed by atoms with Gasteiger partial charge < -0.3 is 14.2 Å². The Balaban J connectivity index is 4.27. The van der Waals surface area contributed by atoms with Gasteiger partial charge in [-0.15, -0.1) is 0 Å². The lowest BCUT2D eigenvalue weighted by atomic mass is 10.0. The molecule has 0 aromatic heterocycles. The van der Waals surface area contributed by atoms with E-state index in [2.05, 4.69) is 20.8 Å². The highest BCUT2D eigenvalue weighted by molar-refractivity contribution is 5.71. The van der Waals surface area contributed by atoms with E-state index in [1.54, 1.807) is 0 Å². The molecule has 0 aromatic rings. The molecule has 0 saturated heterocycles. The minimum absolute atomic E-state index is 0.0604. The molecule has 0 aliphatic carbocycles. The summed E-state index contributed by atoms with van der Waals surface area (Å²) in [7, 11) is 0. The zero-order valence-electron chi connectivity index (χ0n) is 48.5. The second kappa shape index (κ2) is 61.0. The summed E-state index contributed by atoms with van der Waals surface area (Å²) in [6, 6.07) is 0. The minimum Gasteiger partial charge on any atom is -0.462 e. The quantitative estimate of drug-likeness (QED) is 0.0343. The fourth-order valence-corrected chi connectivity index (χ4v) is 10.2. The van der Waals surface area contributed by atoms with Gasteiger partial charge in [-0.05, 0) is 19.3 Å². The van der Waals surface area contributed by atoms with Crippen molar-refractivity contribution >= 4 is 17.9 Å². The van der Waals surface area contributed by atoms with Crippen molar-refractivity contribution in [1.29, 1.82) is 0 Å². The number of ether oxygens (including phenoxy) is 3. The van der Waals surface area contributed by atoms with Gasteiger partial charge in [0.1, 0.15) is 13.2 Å². The minimum atomic E-state index is -0.762. The monoisotopic (exact) mass is 1000 g/mol. The lowest BCUT2D eigenvalue weighted by Gasteiger charge is -2.18. The number of carbonyl (C=O) groups excluding carboxylic acids is 3. The Morgan fingerprint density at radius 2 is 0.380 bits per heavy atom. The van der Waals surface area contributed by atoms with Crippen LogP contribution in [0.2, 0.25) is 0 Å². The molecule has 6 heteroatoms. The molecule has 6 nitrogen and oxygen atoms in total. The zero-order valence-corrected chi connectivity index (χ0v) is 48.5. The lowest BCUT2D eigenvalue weighted by Crippen LogP contribution is -2.30. The van der Waals surface area contributed by atoms with Crippen LogP contribution in [0, 0.1) is 0 Å². The van der Waals surface area contributed by atoms with Crippen molar-refractivity contribution in [3.8, 4) is 0 Å². The van der Waals surface area contributed by atoms with Crippen LogP contribution in [0.1, 0.15) is 380 Å². The summed E-state index contributed by atoms with van der Waals surface area (Å²) in [4.78, 5) is 38.3. The number of unbranched alkanes of at least 4 members (excludes halogenated alkanes) is 50. The summed E-state index contributed by atoms with van der Waals surface area (Å²) in [6.07, 6.45) is 69.6. The summed E-state index contributed by atoms with van der Waals surface area (Å²) in [5, 5.41) is 0. The van der Waals surface area contributed by atoms with Gasteiger partial charge in [-0.25, -0.2) is 0 Å². The van der Waals surface area contributed by atoms with E-state index in [1.165, 1.54) is 283 Å². The maximum absolute atomic E-state index is 12.9. The third-order valence-corrected chi connectivity index (χ3v) is 15.1. The fraction of sp³-hybridized carbons (Fsp3) is 0.954. The van der Waals surface area contributed by atoms with Crippen LogP contribution in [0.3, 0.4) is 0 Å². The first kappa shape index (κ1) is 69.4. The highest BCUT2D eigenvalue weighted by Gasteiger charge is 2.19. The van der Waals surface area contributed by atoms with Crippen molar-refractivity contribution in [2.45, 2.75) is 386 Å². The predicted molar refractivity (Wildman–Crippen MR) is 307 cm³/mol. The largest absolute Gasteiger partial charge is 0.462 e. The fourth-order valence-electron chi connectivity index (χ4n) is 10.2. The molecule has 422 valence electrons. The Morgan fingerprint density at radius 1 is 0.225 bits per heavy atom. The van der Waals surface area contributed by atoms with Crippen LogP contribution >= 0.6 is 0 Å². The first-order valence-corrected chi connectivity index (χ1v) is 32.5. The molecular weight excluding hydrogens is 877 g/mol. The van der Waals surface area contributed by atoms with Crippen molar-refractivity contribution in [1.82, 2.24) is 0 Å². The molecule has 0 heterocycles. The number of rotatable bonds is 61. The summed E-state index contributed by atoms with van der Waals surface area (Å²) < 4.78 is 17.0.